The van der Waals surface area contributed by atoms with Gasteiger partial charge in [-0.1, -0.05) is 109 Å². The molecule has 0 aliphatic carbocycles. The number of unbranched alkanes of at least 4 members (excludes halogenated alkanes) is 15. The first-order valence-corrected chi connectivity index (χ1v) is 16.2. The molecule has 10 heteroatoms. The van der Waals surface area contributed by atoms with Crippen LogP contribution in [-0.4, -0.2) is 56.0 Å². The van der Waals surface area contributed by atoms with Gasteiger partial charge >= 0.3 is 12.2 Å². The van der Waals surface area contributed by atoms with Crippen molar-refractivity contribution in [2.75, 3.05) is 26.9 Å². The van der Waals surface area contributed by atoms with Gasteiger partial charge in [0.25, 0.3) is 0 Å². The van der Waals surface area contributed by atoms with Gasteiger partial charge in [-0.15, -0.1) is 0 Å². The van der Waals surface area contributed by atoms with Crippen LogP contribution >= 0.6 is 0 Å². The number of ether oxygens (including phenoxy) is 3. The molecule has 248 valence electrons. The van der Waals surface area contributed by atoms with Gasteiger partial charge in [0.1, 0.15) is 32.9 Å². The molecule has 9 nitrogen and oxygen atoms in total. The lowest BCUT2D eigenvalue weighted by Crippen LogP contribution is -3.00. The summed E-state index contributed by atoms with van der Waals surface area (Å²) in [5, 5.41) is 2.76. The van der Waals surface area contributed by atoms with Gasteiger partial charge < -0.3 is 31.9 Å². The molecular formula is C33H58ClN3O6. The second kappa shape index (κ2) is 27.2. The molecule has 0 radical (unpaired) electrons. The van der Waals surface area contributed by atoms with E-state index in [9.17, 15) is 14.4 Å². The molecule has 0 aliphatic heterocycles. The predicted molar refractivity (Wildman–Crippen MR) is 165 cm³/mol. The molecule has 0 aliphatic rings. The SMILES string of the molecule is CCCCCCCCCCCCCCCCCCNC(=O)OCC(COC(=O)N(Cc1cccc[n+]1C)C(C)=O)OC.[Cl-]. The molecule has 1 unspecified atom stereocenters. The molecule has 0 spiro atoms. The summed E-state index contributed by atoms with van der Waals surface area (Å²) >= 11 is 0. The molecule has 0 saturated heterocycles. The van der Waals surface area contributed by atoms with Crippen molar-refractivity contribution in [3.63, 3.8) is 0 Å². The number of hydrogen-bond acceptors (Lipinski definition) is 6. The zero-order chi connectivity index (χ0) is 30.8. The molecule has 1 aromatic rings. The molecule has 43 heavy (non-hydrogen) atoms. The lowest BCUT2D eigenvalue weighted by atomic mass is 10.0. The van der Waals surface area contributed by atoms with Crippen LogP contribution in [-0.2, 0) is 32.6 Å². The van der Waals surface area contributed by atoms with Gasteiger partial charge in [-0.05, 0) is 6.42 Å². The van der Waals surface area contributed by atoms with Crippen molar-refractivity contribution in [2.45, 2.75) is 129 Å². The third-order valence-corrected chi connectivity index (χ3v) is 7.51. The number of carbonyl (C=O) groups excluding carboxylic acids is 3. The van der Waals surface area contributed by atoms with Crippen LogP contribution in [0.25, 0.3) is 0 Å². The van der Waals surface area contributed by atoms with Crippen molar-refractivity contribution >= 4 is 18.1 Å². The van der Waals surface area contributed by atoms with Crippen LogP contribution < -0.4 is 22.3 Å². The lowest BCUT2D eigenvalue weighted by Gasteiger charge is -2.20. The largest absolute Gasteiger partial charge is 1.00 e. The van der Waals surface area contributed by atoms with Crippen molar-refractivity contribution in [3.05, 3.63) is 30.1 Å². The monoisotopic (exact) mass is 627 g/mol. The molecular weight excluding hydrogens is 570 g/mol. The van der Waals surface area contributed by atoms with Crippen LogP contribution in [0.15, 0.2) is 24.4 Å². The zero-order valence-electron chi connectivity index (χ0n) is 27.3. The highest BCUT2D eigenvalue weighted by molar-refractivity contribution is 5.90. The molecule has 1 rings (SSSR count). The van der Waals surface area contributed by atoms with E-state index in [4.69, 9.17) is 14.2 Å². The molecule has 1 aromatic heterocycles. The van der Waals surface area contributed by atoms with Crippen molar-refractivity contribution in [3.8, 4) is 0 Å². The standard InChI is InChI=1S/C33H57N3O6.ClH/c1-5-6-7-8-9-10-11-12-13-14-15-16-17-18-19-21-24-34-32(38)41-27-31(40-4)28-42-33(39)36(29(2)37)26-30-23-20-22-25-35(30)3;/h20,22-23,25,31H,5-19,21,24,26-28H2,1-4H3;1H. The maximum Gasteiger partial charge on any atom is 0.417 e. The van der Waals surface area contributed by atoms with Gasteiger partial charge in [-0.25, -0.2) is 19.1 Å². The van der Waals surface area contributed by atoms with Crippen LogP contribution in [0.2, 0.25) is 0 Å². The Kier molecular flexibility index (Phi) is 25.7. The minimum absolute atomic E-state index is 0. The Labute approximate surface area is 266 Å². The van der Waals surface area contributed by atoms with Gasteiger partial charge in [-0.3, -0.25) is 4.79 Å². The number of halogens is 1. The second-order valence-electron chi connectivity index (χ2n) is 11.2. The van der Waals surface area contributed by atoms with E-state index < -0.39 is 24.2 Å². The first-order chi connectivity index (χ1) is 20.4. The summed E-state index contributed by atoms with van der Waals surface area (Å²) in [6.45, 7) is 4.01. The molecule has 1 N–H and O–H groups in total. The molecule has 0 aromatic carbocycles. The van der Waals surface area contributed by atoms with E-state index in [2.05, 4.69) is 12.2 Å². The smallest absolute Gasteiger partial charge is 0.417 e. The number of aromatic nitrogens is 1. The number of methoxy groups -OCH3 is 1. The summed E-state index contributed by atoms with van der Waals surface area (Å²) in [6, 6.07) is 5.52. The lowest BCUT2D eigenvalue weighted by molar-refractivity contribution is -0.679. The third-order valence-electron chi connectivity index (χ3n) is 7.51. The Hall–Kier alpha value is -2.39. The van der Waals surface area contributed by atoms with Crippen LogP contribution in [0.1, 0.15) is 122 Å². The van der Waals surface area contributed by atoms with Gasteiger partial charge in [-0.2, -0.15) is 0 Å². The Morgan fingerprint density at radius 1 is 0.814 bits per heavy atom. The predicted octanol–water partition coefficient (Wildman–Crippen LogP) is 4.00. The summed E-state index contributed by atoms with van der Waals surface area (Å²) in [6.07, 6.45) is 20.8. The molecule has 1 atom stereocenters. The van der Waals surface area contributed by atoms with Gasteiger partial charge in [0, 0.05) is 32.7 Å². The number of carbonyl (C=O) groups is 3. The molecule has 0 fully saturated rings. The third kappa shape index (κ3) is 21.0. The topological polar surface area (TPSA) is 98.0 Å². The number of alkyl carbamates (subject to hydrolysis) is 1. The number of imide groups is 1. The van der Waals surface area contributed by atoms with E-state index in [1.54, 1.807) is 0 Å². The van der Waals surface area contributed by atoms with E-state index in [-0.39, 0.29) is 32.2 Å². The summed E-state index contributed by atoms with van der Waals surface area (Å²) in [7, 11) is 3.28. The fraction of sp³-hybridized carbons (Fsp3) is 0.758. The Morgan fingerprint density at radius 2 is 1.33 bits per heavy atom. The Morgan fingerprint density at radius 3 is 1.81 bits per heavy atom. The maximum atomic E-state index is 12.5. The Bertz CT molecular complexity index is 873. The average molecular weight is 628 g/mol. The molecule has 0 bridgehead atoms. The van der Waals surface area contributed by atoms with Crippen molar-refractivity contribution in [2.24, 2.45) is 7.05 Å². The van der Waals surface area contributed by atoms with E-state index in [1.807, 2.05) is 36.0 Å². The Balaban J connectivity index is 0.0000176. The van der Waals surface area contributed by atoms with Crippen LogP contribution in [0.5, 0.6) is 0 Å². The van der Waals surface area contributed by atoms with Crippen molar-refractivity contribution < 1.29 is 45.6 Å². The summed E-state index contributed by atoms with van der Waals surface area (Å²) < 4.78 is 17.6. The van der Waals surface area contributed by atoms with Crippen LogP contribution in [0.3, 0.4) is 0 Å². The quantitative estimate of drug-likeness (QED) is 0.137. The molecule has 0 saturated carbocycles. The first kappa shape index (κ1) is 40.6. The minimum atomic E-state index is -0.777. The molecule has 1 heterocycles. The first-order valence-electron chi connectivity index (χ1n) is 16.2. The number of rotatable bonds is 24. The highest BCUT2D eigenvalue weighted by Crippen LogP contribution is 2.13. The minimum Gasteiger partial charge on any atom is -1.00 e. The number of aryl methyl sites for hydroxylation is 1. The van der Waals surface area contributed by atoms with Gasteiger partial charge in [0.15, 0.2) is 6.20 Å². The van der Waals surface area contributed by atoms with Gasteiger partial charge in [0.05, 0.1) is 0 Å². The van der Waals surface area contributed by atoms with Crippen molar-refractivity contribution in [1.82, 2.24) is 10.2 Å². The van der Waals surface area contributed by atoms with E-state index in [0.29, 0.717) is 6.54 Å². The van der Waals surface area contributed by atoms with E-state index in [1.165, 1.54) is 104 Å². The van der Waals surface area contributed by atoms with Crippen molar-refractivity contribution in [1.29, 1.82) is 0 Å². The van der Waals surface area contributed by atoms with Crippen LogP contribution in [0.4, 0.5) is 9.59 Å². The summed E-state index contributed by atoms with van der Waals surface area (Å²) in [5.74, 6) is -0.428. The number of pyridine rings is 1. The molecule has 3 amide bonds. The number of nitrogens with one attached hydrogen (secondary N) is 1. The fourth-order valence-corrected chi connectivity index (χ4v) is 4.70. The van der Waals surface area contributed by atoms with Crippen LogP contribution in [0, 0.1) is 0 Å². The number of nitrogens with zero attached hydrogens (tertiary/aromatic N) is 2. The summed E-state index contributed by atoms with van der Waals surface area (Å²) in [5.41, 5.74) is 0.775. The normalized spacial score (nSPS) is 11.3. The average Bonchev–Trinajstić information content (AvgIpc) is 2.98. The second-order valence-corrected chi connectivity index (χ2v) is 11.2. The van der Waals surface area contributed by atoms with Gasteiger partial charge in [0.2, 0.25) is 11.6 Å². The van der Waals surface area contributed by atoms with E-state index >= 15 is 0 Å². The fourth-order valence-electron chi connectivity index (χ4n) is 4.70. The number of amides is 3. The zero-order valence-corrected chi connectivity index (χ0v) is 28.0. The highest BCUT2D eigenvalue weighted by atomic mass is 35.5. The summed E-state index contributed by atoms with van der Waals surface area (Å²) in [4.78, 5) is 37.6. The highest BCUT2D eigenvalue weighted by Gasteiger charge is 2.25. The maximum absolute atomic E-state index is 12.5. The number of hydrogen-bond donors (Lipinski definition) is 1. The van der Waals surface area contributed by atoms with E-state index in [0.717, 1.165) is 23.4 Å².